The van der Waals surface area contributed by atoms with Gasteiger partial charge in [-0.25, -0.2) is 31.2 Å². The van der Waals surface area contributed by atoms with Crippen LogP contribution < -0.4 is 107 Å². The molecule has 1 saturated heterocycles. The van der Waals surface area contributed by atoms with Crippen molar-refractivity contribution in [1.82, 2.24) is 56.8 Å². The fraction of sp³-hybridized carbons (Fsp3) is 0.483. The van der Waals surface area contributed by atoms with Gasteiger partial charge in [0.2, 0.25) is 35.4 Å². The number of aliphatic carboxylic acids is 6. The maximum absolute atomic E-state index is 14.5. The van der Waals surface area contributed by atoms with E-state index >= 15 is 0 Å². The van der Waals surface area contributed by atoms with Gasteiger partial charge in [-0.1, -0.05) is 60.7 Å². The number of nitrogens with zero attached hydrogens (tertiary/aromatic N) is 6. The van der Waals surface area contributed by atoms with Crippen molar-refractivity contribution in [3.63, 3.8) is 0 Å². The number of rotatable bonds is 49. The van der Waals surface area contributed by atoms with Crippen LogP contribution in [0.3, 0.4) is 0 Å². The largest absolute Gasteiger partial charge is 1.00 e. The van der Waals surface area contributed by atoms with Crippen molar-refractivity contribution in [1.29, 1.82) is 0 Å². The average Bonchev–Trinajstić information content (AvgIpc) is 0.741. The average molecular weight is 1930 g/mol. The van der Waals surface area contributed by atoms with Crippen molar-refractivity contribution in [2.24, 2.45) is 22.1 Å². The topological polar surface area (TPSA) is 656 Å². The Balaban J connectivity index is 0.0000138. The third-order valence-corrected chi connectivity index (χ3v) is 24.1. The molecule has 43 nitrogen and oxygen atoms in total. The molecule has 0 bridgehead atoms. The number of unbranched alkanes of at least 4 members (excludes halogenated alkanes) is 2. The second-order valence-corrected chi connectivity index (χ2v) is 35.0. The number of carboxylic acid groups (broad SMARTS) is 6. The first-order valence-electron chi connectivity index (χ1n) is 43.0. The predicted octanol–water partition coefficient (Wildman–Crippen LogP) is -2.20. The summed E-state index contributed by atoms with van der Waals surface area (Å²) in [6.45, 7) is 4.06. The van der Waals surface area contributed by atoms with Gasteiger partial charge in [-0.15, -0.1) is 5.11 Å². The molecule has 47 heteroatoms. The maximum Gasteiger partial charge on any atom is 1.00 e. The number of carboxylic acids is 6. The number of urea groups is 1. The van der Waals surface area contributed by atoms with Gasteiger partial charge in [0.15, 0.2) is 5.75 Å². The number of benzene rings is 6. The van der Waals surface area contributed by atoms with Crippen LogP contribution in [0.15, 0.2) is 117 Å². The number of phenolic OH excluding ortho intramolecular Hbond substituents is 1. The van der Waals surface area contributed by atoms with Gasteiger partial charge in [-0.3, -0.25) is 67.5 Å². The molecule has 0 aromatic heterocycles. The zero-order chi connectivity index (χ0) is 96.4. The van der Waals surface area contributed by atoms with Gasteiger partial charge in [0, 0.05) is 115 Å². The second kappa shape index (κ2) is 55.5. The van der Waals surface area contributed by atoms with Gasteiger partial charge in [0.25, 0.3) is 0 Å². The summed E-state index contributed by atoms with van der Waals surface area (Å²) in [4.78, 5) is 169. The van der Waals surface area contributed by atoms with Crippen LogP contribution in [0.5, 0.6) is 5.75 Å². The molecule has 17 N–H and O–H groups in total. The van der Waals surface area contributed by atoms with Crippen LogP contribution in [0.2, 0.25) is 0 Å². The number of azo groups is 1. The number of hydrogen-bond acceptors (Lipinski definition) is 29. The molecule has 0 spiro atoms. The van der Waals surface area contributed by atoms with E-state index in [9.17, 15) is 119 Å². The Morgan fingerprint density at radius 1 is 0.485 bits per heavy atom. The second-order valence-electron chi connectivity index (χ2n) is 32.3. The summed E-state index contributed by atoms with van der Waals surface area (Å²) < 4.78 is 83.7. The number of nitrogen functional groups attached to an aromatic ring is 1. The molecule has 2 aliphatic rings. The molecule has 1 saturated carbocycles. The normalized spacial score (nSPS) is 15.9. The first kappa shape index (κ1) is 112. The number of hydrogen-bond donors (Lipinski definition) is 16. The van der Waals surface area contributed by atoms with Crippen molar-refractivity contribution >= 4 is 142 Å². The summed E-state index contributed by atoms with van der Waals surface area (Å²) >= 11 is 0. The fourth-order valence-electron chi connectivity index (χ4n) is 15.2. The van der Waals surface area contributed by atoms with E-state index in [1.165, 1.54) is 0 Å². The molecular formula is C87H113N15Na2O28S2. The molecule has 1 aliphatic carbocycles. The Morgan fingerprint density at radius 2 is 0.985 bits per heavy atom. The van der Waals surface area contributed by atoms with Crippen molar-refractivity contribution in [3.05, 3.63) is 114 Å². The number of phenols is 1. The molecular weight excluding hydrogens is 1810 g/mol. The third-order valence-electron chi connectivity index (χ3n) is 22.4. The van der Waals surface area contributed by atoms with Crippen LogP contribution in [-0.2, 0) is 93.7 Å². The number of anilines is 2. The Morgan fingerprint density at radius 3 is 1.51 bits per heavy atom. The quantitative estimate of drug-likeness (QED) is 0.00634. The van der Waals surface area contributed by atoms with Gasteiger partial charge in [0.1, 0.15) is 50.1 Å². The number of aromatic hydroxyl groups is 1. The Hall–Kier alpha value is -10.5. The van der Waals surface area contributed by atoms with E-state index in [4.69, 9.17) is 20.3 Å². The van der Waals surface area contributed by atoms with E-state index in [1.54, 1.807) is 69.8 Å². The molecule has 0 radical (unpaired) electrons. The number of ether oxygens (including phenoxy) is 2. The molecule has 2 fully saturated rings. The SMILES string of the molecule is Cc1cc(-c2ccc(NC(=O)[C@H](CCCCNC(=O)CCOCCOCCC(=O)NCC3CCC(C(=O)N[C@@H](Cc4ccc5ccccc5c4)C(=O)NCCCC[C@H](NC(=O)N[C@@H](CCC(=O)O)C(=O)O)C(=O)O)CC3)NC(=O)CN3CCN(CC(=O)O)CCN(CC(=O)O)CCN(CC(=O)O)CC3)c(C)c2)ccc1N=Nc1ccc2c(S(=O)(=O)[O-])cc(S(=O)(=O)[O-])c(N)c2c1O.[Na+].[Na+]. The first-order valence-corrected chi connectivity index (χ1v) is 45.8. The van der Waals surface area contributed by atoms with Crippen LogP contribution in [-0.4, -0.2) is 307 Å². The summed E-state index contributed by atoms with van der Waals surface area (Å²) in [5.74, 6) is -11.3. The van der Waals surface area contributed by atoms with Crippen LogP contribution in [0.4, 0.5) is 27.5 Å². The standard InChI is InChI=1S/C87H115N15O28S2.2Na/c1-53-43-60(61-20-23-64(54(2)44-61)97-98-65-24-21-62-70(131(123,124)125)47-71(132(126,127)128)80(88)79(62)81(65)114)19-22-63(53)93-84(117)66(92-74(105)49-99-31-33-100(50-76(108)109)35-37-102(52-78(112)113)38-36-101(34-32-99)51-77(110)111)11-5-7-29-89-72(103)27-39-129-41-42-130-40-28-73(104)91-48-55-13-17-58(18-14-55)82(115)94-69(46-56-15-16-57-9-3-4-10-59(57)45-56)83(116)90-30-8-6-12-67(85(118)119)95-87(122)96-68(86(120)121)25-26-75(106)107;;/h3-4,9-10,15-16,19-24,43-45,47,55,58,66-69,114H,5-8,11-14,17-18,25-42,46,48-52,88H2,1-2H3,(H,89,103)(H,90,116)(H,91,104)(H,92,105)(H,93,117)(H,94,115)(H,106,107)(H,108,109)(H,110,111)(H,112,113)(H,118,119)(H,120,121)(H2,95,96,122)(H,123,124,125)(H,126,127,128);;/q;2*+1/p-2/t55?,58?,66-,67-,68-,69-;;/m0../s1. The molecule has 0 unspecified atom stereocenters. The molecule has 718 valence electrons. The molecule has 1 aliphatic heterocycles. The smallest absolute Gasteiger partial charge is 0.744 e. The molecule has 6 aromatic rings. The molecule has 6 aromatic carbocycles. The van der Waals surface area contributed by atoms with Crippen LogP contribution in [0.1, 0.15) is 107 Å². The minimum Gasteiger partial charge on any atom is -0.744 e. The van der Waals surface area contributed by atoms with Gasteiger partial charge in [0.05, 0.1) is 79.2 Å². The van der Waals surface area contributed by atoms with Gasteiger partial charge >= 0.3 is 101 Å². The maximum atomic E-state index is 14.5. The number of amides is 8. The van der Waals surface area contributed by atoms with Gasteiger partial charge in [-0.2, -0.15) is 5.11 Å². The van der Waals surface area contributed by atoms with Crippen LogP contribution >= 0.6 is 0 Å². The number of carbonyl (C=O) groups excluding carboxylic acids is 7. The summed E-state index contributed by atoms with van der Waals surface area (Å²) in [5, 5.41) is 99.1. The zero-order valence-electron chi connectivity index (χ0n) is 75.0. The summed E-state index contributed by atoms with van der Waals surface area (Å²) in [5.41, 5.74) is 8.75. The van der Waals surface area contributed by atoms with E-state index in [2.05, 4.69) is 52.8 Å². The fourth-order valence-corrected chi connectivity index (χ4v) is 16.6. The van der Waals surface area contributed by atoms with Crippen LogP contribution in [0, 0.1) is 25.7 Å². The van der Waals surface area contributed by atoms with E-state index in [-0.39, 0.29) is 244 Å². The number of carbonyl (C=O) groups is 13. The van der Waals surface area contributed by atoms with Crippen LogP contribution in [0.25, 0.3) is 32.7 Å². The van der Waals surface area contributed by atoms with E-state index in [0.717, 1.165) is 28.5 Å². The summed E-state index contributed by atoms with van der Waals surface area (Å²) in [6.07, 6.45) is 2.62. The monoisotopic (exact) mass is 1930 g/mol. The van der Waals surface area contributed by atoms with Gasteiger partial charge < -0.3 is 103 Å². The van der Waals surface area contributed by atoms with E-state index < -0.39 is 168 Å². The summed E-state index contributed by atoms with van der Waals surface area (Å²) in [7, 11) is -10.8. The van der Waals surface area contributed by atoms with Gasteiger partial charge in [-0.05, 0) is 165 Å². The van der Waals surface area contributed by atoms with E-state index in [0.29, 0.717) is 79.1 Å². The molecule has 8 amide bonds. The zero-order valence-corrected chi connectivity index (χ0v) is 80.7. The van der Waals surface area contributed by atoms with Crippen molar-refractivity contribution in [2.75, 3.05) is 136 Å². The van der Waals surface area contributed by atoms with Crippen molar-refractivity contribution in [2.45, 2.75) is 144 Å². The number of nitrogens with one attached hydrogen (secondary N) is 8. The Kier molecular flexibility index (Phi) is 46.5. The minimum atomic E-state index is -5.44. The minimum absolute atomic E-state index is 0. The number of aryl methyl sites for hydroxylation is 2. The molecule has 4 atom stereocenters. The molecule has 8 rings (SSSR count). The van der Waals surface area contributed by atoms with Crippen molar-refractivity contribution in [3.8, 4) is 16.9 Å². The third kappa shape index (κ3) is 37.7. The first-order chi connectivity index (χ1) is 62.7. The molecule has 1 heterocycles. The predicted molar refractivity (Wildman–Crippen MR) is 475 cm³/mol. The molecule has 134 heavy (non-hydrogen) atoms. The summed E-state index contributed by atoms with van der Waals surface area (Å²) in [6, 6.07) is 19.9. The Bertz CT molecular complexity index is 5370. The number of nitrogens with two attached hydrogens (primary N) is 1. The number of fused-ring (bicyclic) bond motifs is 2. The Labute approximate surface area is 817 Å². The van der Waals surface area contributed by atoms with E-state index in [1.807, 2.05) is 42.5 Å². The van der Waals surface area contributed by atoms with Crippen molar-refractivity contribution < 1.29 is 193 Å².